The van der Waals surface area contributed by atoms with E-state index in [0.29, 0.717) is 24.0 Å². The molecule has 21 heavy (non-hydrogen) atoms. The van der Waals surface area contributed by atoms with E-state index in [1.807, 2.05) is 19.3 Å². The Kier molecular flexibility index (Phi) is 5.63. The van der Waals surface area contributed by atoms with Crippen molar-refractivity contribution in [2.24, 2.45) is 11.3 Å². The smallest absolute Gasteiger partial charge is 0.137 e. The first-order valence-electron chi connectivity index (χ1n) is 8.39. The number of pyridine rings is 1. The highest BCUT2D eigenvalue weighted by Crippen LogP contribution is 2.46. The molecule has 2 unspecified atom stereocenters. The number of aromatic nitrogens is 1. The van der Waals surface area contributed by atoms with Gasteiger partial charge in [-0.2, -0.15) is 0 Å². The van der Waals surface area contributed by atoms with Crippen LogP contribution >= 0.6 is 0 Å². The first kappa shape index (κ1) is 16.3. The second-order valence-corrected chi connectivity index (χ2v) is 6.76. The molecule has 2 atom stereocenters. The van der Waals surface area contributed by atoms with Crippen LogP contribution in [0.4, 0.5) is 0 Å². The van der Waals surface area contributed by atoms with Crippen molar-refractivity contribution in [2.45, 2.75) is 59.4 Å². The van der Waals surface area contributed by atoms with E-state index in [4.69, 9.17) is 4.74 Å². The van der Waals surface area contributed by atoms with Crippen LogP contribution in [0.15, 0.2) is 18.5 Å². The molecule has 118 valence electrons. The molecule has 0 aromatic carbocycles. The van der Waals surface area contributed by atoms with Gasteiger partial charge < -0.3 is 10.1 Å². The van der Waals surface area contributed by atoms with E-state index in [2.05, 4.69) is 37.1 Å². The average molecular weight is 290 g/mol. The zero-order valence-electron chi connectivity index (χ0n) is 14.0. The van der Waals surface area contributed by atoms with Crippen molar-refractivity contribution in [3.63, 3.8) is 0 Å². The summed E-state index contributed by atoms with van der Waals surface area (Å²) >= 11 is 0. The number of ether oxygens (including phenoxy) is 1. The zero-order valence-corrected chi connectivity index (χ0v) is 14.0. The number of nitrogens with zero attached hydrogens (tertiary/aromatic N) is 1. The van der Waals surface area contributed by atoms with Crippen molar-refractivity contribution >= 4 is 0 Å². The summed E-state index contributed by atoms with van der Waals surface area (Å²) in [4.78, 5) is 4.38. The third kappa shape index (κ3) is 3.97. The van der Waals surface area contributed by atoms with E-state index in [0.717, 1.165) is 12.3 Å². The normalized spacial score (nSPS) is 22.8. The Labute approximate surface area is 129 Å². The molecule has 2 rings (SSSR count). The predicted molar refractivity (Wildman–Crippen MR) is 87.6 cm³/mol. The van der Waals surface area contributed by atoms with Crippen molar-refractivity contribution in [1.29, 1.82) is 0 Å². The minimum Gasteiger partial charge on any atom is -0.492 e. The number of rotatable bonds is 6. The number of hydrogen-bond donors (Lipinski definition) is 1. The molecule has 1 aromatic rings. The highest BCUT2D eigenvalue weighted by Gasteiger charge is 2.38. The van der Waals surface area contributed by atoms with E-state index >= 15 is 0 Å². The molecule has 0 amide bonds. The van der Waals surface area contributed by atoms with Crippen LogP contribution in [-0.4, -0.2) is 18.1 Å². The standard InChI is InChI=1S/C18H30N2O/c1-5-20-17(16-9-7-8-10-18(16,3)4)14-11-15(21-6-2)13-19-12-14/h11-13,16-17,20H,5-10H2,1-4H3. The van der Waals surface area contributed by atoms with Gasteiger partial charge in [0, 0.05) is 12.2 Å². The highest BCUT2D eigenvalue weighted by atomic mass is 16.5. The lowest BCUT2D eigenvalue weighted by molar-refractivity contribution is 0.0986. The van der Waals surface area contributed by atoms with Crippen LogP contribution in [0, 0.1) is 11.3 Å². The Hall–Kier alpha value is -1.09. The van der Waals surface area contributed by atoms with Crippen molar-refractivity contribution in [3.05, 3.63) is 24.0 Å². The van der Waals surface area contributed by atoms with Crippen LogP contribution in [0.2, 0.25) is 0 Å². The lowest BCUT2D eigenvalue weighted by Gasteiger charge is -2.43. The fourth-order valence-corrected chi connectivity index (χ4v) is 3.70. The van der Waals surface area contributed by atoms with Gasteiger partial charge in [0.15, 0.2) is 0 Å². The molecule has 0 spiro atoms. The van der Waals surface area contributed by atoms with Gasteiger partial charge in [-0.25, -0.2) is 0 Å². The molecule has 1 saturated carbocycles. The summed E-state index contributed by atoms with van der Waals surface area (Å²) in [7, 11) is 0. The number of hydrogen-bond acceptors (Lipinski definition) is 3. The summed E-state index contributed by atoms with van der Waals surface area (Å²) < 4.78 is 5.62. The highest BCUT2D eigenvalue weighted by molar-refractivity contribution is 5.27. The summed E-state index contributed by atoms with van der Waals surface area (Å²) in [6.07, 6.45) is 9.12. The van der Waals surface area contributed by atoms with Crippen molar-refractivity contribution in [1.82, 2.24) is 10.3 Å². The van der Waals surface area contributed by atoms with Gasteiger partial charge in [0.2, 0.25) is 0 Å². The summed E-state index contributed by atoms with van der Waals surface area (Å²) in [5, 5.41) is 3.70. The SMILES string of the molecule is CCNC(c1cncc(OCC)c1)C1CCCCC1(C)C. The summed E-state index contributed by atoms with van der Waals surface area (Å²) in [6, 6.07) is 2.53. The van der Waals surface area contributed by atoms with Gasteiger partial charge in [0.25, 0.3) is 0 Å². The lowest BCUT2D eigenvalue weighted by atomic mass is 9.65. The molecule has 1 aliphatic rings. The molecule has 0 bridgehead atoms. The largest absolute Gasteiger partial charge is 0.492 e. The van der Waals surface area contributed by atoms with E-state index in [9.17, 15) is 0 Å². The van der Waals surface area contributed by atoms with Crippen LogP contribution in [-0.2, 0) is 0 Å². The Balaban J connectivity index is 2.27. The van der Waals surface area contributed by atoms with Crippen molar-refractivity contribution < 1.29 is 4.74 Å². The first-order chi connectivity index (χ1) is 10.1. The van der Waals surface area contributed by atoms with E-state index in [-0.39, 0.29) is 0 Å². The minimum atomic E-state index is 0.373. The molecule has 1 aromatic heterocycles. The van der Waals surface area contributed by atoms with Crippen LogP contribution in [0.25, 0.3) is 0 Å². The first-order valence-corrected chi connectivity index (χ1v) is 8.39. The molecule has 3 heteroatoms. The fraction of sp³-hybridized carbons (Fsp3) is 0.722. The molecule has 0 saturated heterocycles. The Morgan fingerprint density at radius 1 is 1.33 bits per heavy atom. The Morgan fingerprint density at radius 2 is 2.14 bits per heavy atom. The van der Waals surface area contributed by atoms with Crippen molar-refractivity contribution in [3.8, 4) is 5.75 Å². The van der Waals surface area contributed by atoms with E-state index in [1.54, 1.807) is 0 Å². The number of nitrogens with one attached hydrogen (secondary N) is 1. The van der Waals surface area contributed by atoms with Gasteiger partial charge in [-0.15, -0.1) is 0 Å². The third-order valence-corrected chi connectivity index (χ3v) is 4.82. The van der Waals surface area contributed by atoms with Crippen LogP contribution < -0.4 is 10.1 Å². The van der Waals surface area contributed by atoms with Crippen LogP contribution in [0.3, 0.4) is 0 Å². The third-order valence-electron chi connectivity index (χ3n) is 4.82. The molecule has 1 heterocycles. The molecule has 1 aliphatic carbocycles. The lowest BCUT2D eigenvalue weighted by Crippen LogP contribution is -2.39. The van der Waals surface area contributed by atoms with Gasteiger partial charge in [-0.05, 0) is 49.3 Å². The maximum absolute atomic E-state index is 5.62. The molecule has 3 nitrogen and oxygen atoms in total. The van der Waals surface area contributed by atoms with Gasteiger partial charge in [-0.1, -0.05) is 33.6 Å². The van der Waals surface area contributed by atoms with Crippen LogP contribution in [0.5, 0.6) is 5.75 Å². The molecular formula is C18H30N2O. The summed E-state index contributed by atoms with van der Waals surface area (Å²) in [6.45, 7) is 10.7. The maximum Gasteiger partial charge on any atom is 0.137 e. The van der Waals surface area contributed by atoms with Gasteiger partial charge in [0.1, 0.15) is 5.75 Å². The average Bonchev–Trinajstić information content (AvgIpc) is 2.46. The molecule has 1 fully saturated rings. The zero-order chi connectivity index (χ0) is 15.3. The molecule has 0 radical (unpaired) electrons. The van der Waals surface area contributed by atoms with Crippen molar-refractivity contribution in [2.75, 3.05) is 13.2 Å². The Bertz CT molecular complexity index is 445. The molecule has 1 N–H and O–H groups in total. The summed E-state index contributed by atoms with van der Waals surface area (Å²) in [5.74, 6) is 1.54. The second-order valence-electron chi connectivity index (χ2n) is 6.76. The minimum absolute atomic E-state index is 0.373. The molecular weight excluding hydrogens is 260 g/mol. The van der Waals surface area contributed by atoms with Gasteiger partial charge in [0.05, 0.1) is 12.8 Å². The monoisotopic (exact) mass is 290 g/mol. The second kappa shape index (κ2) is 7.26. The quantitative estimate of drug-likeness (QED) is 0.846. The topological polar surface area (TPSA) is 34.2 Å². The van der Waals surface area contributed by atoms with Crippen LogP contribution in [0.1, 0.15) is 65.0 Å². The van der Waals surface area contributed by atoms with E-state index in [1.165, 1.54) is 31.2 Å². The Morgan fingerprint density at radius 3 is 2.81 bits per heavy atom. The predicted octanol–water partition coefficient (Wildman–Crippen LogP) is 4.35. The van der Waals surface area contributed by atoms with E-state index < -0.39 is 0 Å². The molecule has 0 aliphatic heterocycles. The fourth-order valence-electron chi connectivity index (χ4n) is 3.70. The maximum atomic E-state index is 5.62. The van der Waals surface area contributed by atoms with Gasteiger partial charge in [-0.3, -0.25) is 4.98 Å². The van der Waals surface area contributed by atoms with Gasteiger partial charge >= 0.3 is 0 Å². The summed E-state index contributed by atoms with van der Waals surface area (Å²) in [5.41, 5.74) is 1.65.